The molecule has 1 aromatic rings. The van der Waals surface area contributed by atoms with Crippen molar-refractivity contribution in [3.8, 4) is 5.75 Å². The third-order valence-corrected chi connectivity index (χ3v) is 3.71. The molecule has 0 unspecified atom stereocenters. The molecule has 1 aromatic carbocycles. The fraction of sp³-hybridized carbons (Fsp3) is 0.500. The van der Waals surface area contributed by atoms with E-state index in [-0.39, 0.29) is 12.4 Å². The normalized spacial score (nSPS) is 11.6. The maximum Gasteiger partial charge on any atom is 0.234 e. The molecule has 0 heterocycles. The summed E-state index contributed by atoms with van der Waals surface area (Å²) < 4.78 is 32.0. The first kappa shape index (κ1) is 16.6. The molecule has 0 atom stereocenters. The Kier molecular flexibility index (Phi) is 6.39. The molecule has 1 rings (SSSR count). The summed E-state index contributed by atoms with van der Waals surface area (Å²) in [7, 11) is 1.56. The predicted octanol–water partition coefficient (Wildman–Crippen LogP) is 2.92. The predicted molar refractivity (Wildman–Crippen MR) is 76.9 cm³/mol. The molecule has 0 aliphatic rings. The van der Waals surface area contributed by atoms with Gasteiger partial charge >= 0.3 is 0 Å². The van der Waals surface area contributed by atoms with E-state index in [0.717, 1.165) is 16.9 Å². The topological polar surface area (TPSA) is 52.6 Å². The van der Waals surface area contributed by atoms with Gasteiger partial charge in [0.25, 0.3) is 0 Å². The first-order valence-corrected chi connectivity index (χ1v) is 8.55. The second kappa shape index (κ2) is 7.33. The Morgan fingerprint density at radius 2 is 1.68 bits per heavy atom. The van der Waals surface area contributed by atoms with Gasteiger partial charge in [0.05, 0.1) is 19.0 Å². The number of aryl methyl sites for hydroxylation is 2. The Morgan fingerprint density at radius 3 is 2.21 bits per heavy atom. The fourth-order valence-electron chi connectivity index (χ4n) is 1.59. The van der Waals surface area contributed by atoms with Crippen LogP contribution in [0.15, 0.2) is 12.1 Å². The van der Waals surface area contributed by atoms with Gasteiger partial charge < -0.3 is 9.47 Å². The van der Waals surface area contributed by atoms with E-state index < -0.39 is 9.05 Å². The van der Waals surface area contributed by atoms with Crippen LogP contribution in [0.1, 0.15) is 11.1 Å². The average molecular weight is 327 g/mol. The van der Waals surface area contributed by atoms with Gasteiger partial charge in [0.15, 0.2) is 0 Å². The van der Waals surface area contributed by atoms with Crippen molar-refractivity contribution in [2.24, 2.45) is 0 Å². The van der Waals surface area contributed by atoms with Gasteiger partial charge in [0.1, 0.15) is 12.4 Å². The second-order valence-corrected chi connectivity index (χ2v) is 7.41. The monoisotopic (exact) mass is 326 g/mol. The molecule has 0 saturated carbocycles. The number of hydrogen-bond acceptors (Lipinski definition) is 4. The van der Waals surface area contributed by atoms with Crippen molar-refractivity contribution >= 4 is 31.3 Å². The van der Waals surface area contributed by atoms with E-state index in [0.29, 0.717) is 18.2 Å². The van der Waals surface area contributed by atoms with Crippen LogP contribution in [0.25, 0.3) is 0 Å². The Morgan fingerprint density at radius 1 is 1.11 bits per heavy atom. The zero-order chi connectivity index (χ0) is 14.5. The van der Waals surface area contributed by atoms with Crippen LogP contribution in [-0.4, -0.2) is 34.0 Å². The number of rotatable bonds is 7. The zero-order valence-electron chi connectivity index (χ0n) is 10.8. The molecule has 0 spiro atoms. The van der Waals surface area contributed by atoms with E-state index >= 15 is 0 Å². The van der Waals surface area contributed by atoms with Crippen LogP contribution in [0.3, 0.4) is 0 Å². The van der Waals surface area contributed by atoms with E-state index in [1.807, 2.05) is 26.0 Å². The van der Waals surface area contributed by atoms with E-state index in [2.05, 4.69) is 0 Å². The highest BCUT2D eigenvalue weighted by atomic mass is 35.7. The number of halogens is 2. The molecule has 19 heavy (non-hydrogen) atoms. The lowest BCUT2D eigenvalue weighted by molar-refractivity contribution is 0.111. The molecular weight excluding hydrogens is 311 g/mol. The molecule has 0 aliphatic heterocycles. The first-order valence-electron chi connectivity index (χ1n) is 5.69. The van der Waals surface area contributed by atoms with Gasteiger partial charge in [0.2, 0.25) is 9.05 Å². The van der Waals surface area contributed by atoms with Crippen LogP contribution in [0.5, 0.6) is 5.75 Å². The van der Waals surface area contributed by atoms with Crippen molar-refractivity contribution in [2.75, 3.05) is 25.6 Å². The van der Waals surface area contributed by atoms with Crippen molar-refractivity contribution in [3.05, 3.63) is 28.3 Å². The molecule has 0 bridgehead atoms. The van der Waals surface area contributed by atoms with Crippen LogP contribution >= 0.6 is 22.3 Å². The number of hydrogen-bond donors (Lipinski definition) is 0. The zero-order valence-corrected chi connectivity index (χ0v) is 13.1. The number of ether oxygens (including phenoxy) is 2. The van der Waals surface area contributed by atoms with Crippen LogP contribution in [0, 0.1) is 13.8 Å². The van der Waals surface area contributed by atoms with Gasteiger partial charge in [-0.15, -0.1) is 0 Å². The molecule has 7 heteroatoms. The van der Waals surface area contributed by atoms with Crippen molar-refractivity contribution < 1.29 is 17.9 Å². The summed E-state index contributed by atoms with van der Waals surface area (Å²) in [6.45, 7) is 4.53. The average Bonchev–Trinajstić information content (AvgIpc) is 2.24. The maximum atomic E-state index is 10.6. The van der Waals surface area contributed by atoms with Crippen LogP contribution in [-0.2, 0) is 13.8 Å². The van der Waals surface area contributed by atoms with Crippen LogP contribution < -0.4 is 4.74 Å². The summed E-state index contributed by atoms with van der Waals surface area (Å²) in [5.41, 5.74) is 1.90. The molecule has 0 aliphatic carbocycles. The smallest absolute Gasteiger partial charge is 0.234 e. The lowest BCUT2D eigenvalue weighted by atomic mass is 10.1. The number of benzene rings is 1. The Hall–Kier alpha value is -0.490. The van der Waals surface area contributed by atoms with Gasteiger partial charge in [-0.3, -0.25) is 0 Å². The molecule has 0 aromatic heterocycles. The highest BCUT2D eigenvalue weighted by molar-refractivity contribution is 8.13. The van der Waals surface area contributed by atoms with Gasteiger partial charge in [-0.2, -0.15) is 0 Å². The molecule has 108 valence electrons. The van der Waals surface area contributed by atoms with E-state index in [1.54, 1.807) is 0 Å². The summed E-state index contributed by atoms with van der Waals surface area (Å²) in [4.78, 5) is 0. The summed E-state index contributed by atoms with van der Waals surface area (Å²) in [6.07, 6.45) is 0. The second-order valence-electron chi connectivity index (χ2n) is 4.07. The van der Waals surface area contributed by atoms with Crippen LogP contribution in [0.2, 0.25) is 5.02 Å². The van der Waals surface area contributed by atoms with E-state index in [4.69, 9.17) is 31.8 Å². The highest BCUT2D eigenvalue weighted by Crippen LogP contribution is 2.26. The minimum Gasteiger partial charge on any atom is -0.491 e. The molecule has 4 nitrogen and oxygen atoms in total. The molecule has 0 saturated heterocycles. The Balaban J connectivity index is 2.34. The highest BCUT2D eigenvalue weighted by Gasteiger charge is 2.06. The van der Waals surface area contributed by atoms with Gasteiger partial charge in [0, 0.05) is 15.7 Å². The largest absolute Gasteiger partial charge is 0.491 e. The summed E-state index contributed by atoms with van der Waals surface area (Å²) in [5.74, 6) is 0.575. The minimum atomic E-state index is -3.49. The third-order valence-electron chi connectivity index (χ3n) is 2.37. The maximum absolute atomic E-state index is 10.6. The van der Waals surface area contributed by atoms with Crippen molar-refractivity contribution in [1.82, 2.24) is 0 Å². The van der Waals surface area contributed by atoms with Crippen molar-refractivity contribution in [3.63, 3.8) is 0 Å². The summed E-state index contributed by atoms with van der Waals surface area (Å²) in [6, 6.07) is 3.65. The van der Waals surface area contributed by atoms with Gasteiger partial charge in [-0.05, 0) is 37.1 Å². The summed E-state index contributed by atoms with van der Waals surface area (Å²) in [5, 5.41) is 0.672. The van der Waals surface area contributed by atoms with E-state index in [1.165, 1.54) is 0 Å². The first-order chi connectivity index (χ1) is 8.79. The fourth-order valence-corrected chi connectivity index (χ4v) is 2.42. The van der Waals surface area contributed by atoms with Crippen molar-refractivity contribution in [1.29, 1.82) is 0 Å². The molecule has 0 radical (unpaired) electrons. The molecule has 0 amide bonds. The minimum absolute atomic E-state index is 0.0633. The van der Waals surface area contributed by atoms with Crippen LogP contribution in [0.4, 0.5) is 0 Å². The van der Waals surface area contributed by atoms with Gasteiger partial charge in [-0.25, -0.2) is 8.42 Å². The third kappa shape index (κ3) is 6.47. The van der Waals surface area contributed by atoms with Crippen molar-refractivity contribution in [2.45, 2.75) is 13.8 Å². The van der Waals surface area contributed by atoms with Gasteiger partial charge in [-0.1, -0.05) is 11.6 Å². The standard InChI is InChI=1S/C12H16Cl2O4S/c1-9-7-11(13)8-10(2)12(9)18-4-3-17-5-6-19(14,15)16/h7-8H,3-6H2,1-2H3. The lowest BCUT2D eigenvalue weighted by Crippen LogP contribution is -2.12. The Bertz CT molecular complexity index is 506. The summed E-state index contributed by atoms with van der Waals surface area (Å²) >= 11 is 5.92. The van der Waals surface area contributed by atoms with E-state index in [9.17, 15) is 8.42 Å². The molecule has 0 fully saturated rings. The SMILES string of the molecule is Cc1cc(Cl)cc(C)c1OCCOCCS(=O)(=O)Cl. The lowest BCUT2D eigenvalue weighted by Gasteiger charge is -2.12. The molecule has 0 N–H and O–H groups in total. The quantitative estimate of drug-likeness (QED) is 0.571. The molecular formula is C12H16Cl2O4S. The Labute approximate surface area is 123 Å².